The lowest BCUT2D eigenvalue weighted by Crippen LogP contribution is -1.78. The minimum atomic E-state index is 1.05. The second-order valence-electron chi connectivity index (χ2n) is 4.72. The van der Waals surface area contributed by atoms with Crippen LogP contribution in [0.3, 0.4) is 0 Å². The molecule has 0 N–H and O–H groups in total. The van der Waals surface area contributed by atoms with Gasteiger partial charge in [0.1, 0.15) is 5.01 Å². The maximum absolute atomic E-state index is 4.67. The van der Waals surface area contributed by atoms with Crippen LogP contribution in [0, 0.1) is 13.8 Å². The number of nitrogens with zero attached hydrogens (tertiary/aromatic N) is 1. The van der Waals surface area contributed by atoms with Crippen molar-refractivity contribution in [1.29, 1.82) is 0 Å². The van der Waals surface area contributed by atoms with Crippen LogP contribution >= 0.6 is 22.7 Å². The Morgan fingerprint density at radius 3 is 2.45 bits per heavy atom. The lowest BCUT2D eigenvalue weighted by Gasteiger charge is -1.96. The average Bonchev–Trinajstić information content (AvgIpc) is 3.06. The molecule has 3 rings (SSSR count). The van der Waals surface area contributed by atoms with E-state index in [0.29, 0.717) is 0 Å². The second-order valence-corrected chi connectivity index (χ2v) is 6.93. The number of hydrogen-bond acceptors (Lipinski definition) is 3. The zero-order valence-corrected chi connectivity index (χ0v) is 13.1. The van der Waals surface area contributed by atoms with Gasteiger partial charge in [0.15, 0.2) is 0 Å². The van der Waals surface area contributed by atoms with Gasteiger partial charge in [0.2, 0.25) is 0 Å². The van der Waals surface area contributed by atoms with Gasteiger partial charge in [0.05, 0.1) is 5.69 Å². The predicted molar refractivity (Wildman–Crippen MR) is 90.3 cm³/mol. The molecule has 0 spiro atoms. The van der Waals surface area contributed by atoms with Crippen LogP contribution in [0.25, 0.3) is 23.4 Å². The Bertz CT molecular complexity index is 732. The molecule has 0 unspecified atom stereocenters. The molecule has 0 aliphatic carbocycles. The van der Waals surface area contributed by atoms with E-state index < -0.39 is 0 Å². The molecule has 3 aromatic rings. The molecule has 0 atom stereocenters. The highest BCUT2D eigenvalue weighted by Crippen LogP contribution is 2.24. The third-order valence-corrected chi connectivity index (χ3v) is 4.80. The first-order valence-corrected chi connectivity index (χ1v) is 8.17. The minimum Gasteiger partial charge on any atom is -0.237 e. The van der Waals surface area contributed by atoms with E-state index in [1.165, 1.54) is 20.9 Å². The number of rotatable bonds is 3. The molecule has 0 fully saturated rings. The lowest BCUT2D eigenvalue weighted by atomic mass is 10.1. The molecule has 0 bridgehead atoms. The summed E-state index contributed by atoms with van der Waals surface area (Å²) in [6.45, 7) is 4.23. The Morgan fingerprint density at radius 1 is 0.950 bits per heavy atom. The SMILES string of the molecule is Cc1ccc(-c2csc(/C=C/c3ccc(C)s3)n2)cc1. The van der Waals surface area contributed by atoms with Crippen molar-refractivity contribution in [3.63, 3.8) is 0 Å². The van der Waals surface area contributed by atoms with E-state index >= 15 is 0 Å². The van der Waals surface area contributed by atoms with Crippen LogP contribution in [0.15, 0.2) is 41.8 Å². The van der Waals surface area contributed by atoms with E-state index in [9.17, 15) is 0 Å². The fourth-order valence-electron chi connectivity index (χ4n) is 1.92. The highest BCUT2D eigenvalue weighted by molar-refractivity contribution is 7.13. The molecule has 1 nitrogen and oxygen atoms in total. The van der Waals surface area contributed by atoms with Crippen molar-refractivity contribution in [2.75, 3.05) is 0 Å². The summed E-state index contributed by atoms with van der Waals surface area (Å²) in [5, 5.41) is 3.16. The van der Waals surface area contributed by atoms with Gasteiger partial charge in [0, 0.05) is 20.7 Å². The van der Waals surface area contributed by atoms with Gasteiger partial charge in [-0.3, -0.25) is 0 Å². The molecule has 3 heteroatoms. The highest BCUT2D eigenvalue weighted by atomic mass is 32.1. The Labute approximate surface area is 127 Å². The van der Waals surface area contributed by atoms with E-state index in [4.69, 9.17) is 0 Å². The fourth-order valence-corrected chi connectivity index (χ4v) is 3.42. The molecule has 0 radical (unpaired) electrons. The first-order chi connectivity index (χ1) is 9.70. The van der Waals surface area contributed by atoms with Gasteiger partial charge in [-0.25, -0.2) is 4.98 Å². The second kappa shape index (κ2) is 5.73. The number of thiophene rings is 1. The van der Waals surface area contributed by atoms with Gasteiger partial charge >= 0.3 is 0 Å². The molecule has 0 aliphatic rings. The largest absolute Gasteiger partial charge is 0.237 e. The molecular weight excluding hydrogens is 282 g/mol. The third kappa shape index (κ3) is 3.06. The number of aromatic nitrogens is 1. The maximum Gasteiger partial charge on any atom is 0.116 e. The number of aryl methyl sites for hydroxylation is 2. The molecule has 1 aromatic carbocycles. The van der Waals surface area contributed by atoms with Crippen LogP contribution in [0.2, 0.25) is 0 Å². The van der Waals surface area contributed by atoms with Crippen LogP contribution in [-0.2, 0) is 0 Å². The summed E-state index contributed by atoms with van der Waals surface area (Å²) in [6.07, 6.45) is 4.23. The molecule has 0 amide bonds. The van der Waals surface area contributed by atoms with E-state index in [1.54, 1.807) is 22.7 Å². The van der Waals surface area contributed by atoms with Crippen LogP contribution in [0.4, 0.5) is 0 Å². The minimum absolute atomic E-state index is 1.05. The lowest BCUT2D eigenvalue weighted by molar-refractivity contribution is 1.37. The average molecular weight is 297 g/mol. The number of thiazole rings is 1. The van der Waals surface area contributed by atoms with Crippen molar-refractivity contribution in [3.8, 4) is 11.3 Å². The van der Waals surface area contributed by atoms with Gasteiger partial charge in [0.25, 0.3) is 0 Å². The van der Waals surface area contributed by atoms with Crippen LogP contribution in [-0.4, -0.2) is 4.98 Å². The predicted octanol–water partition coefficient (Wildman–Crippen LogP) is 5.66. The van der Waals surface area contributed by atoms with Gasteiger partial charge in [-0.2, -0.15) is 0 Å². The first-order valence-electron chi connectivity index (χ1n) is 6.48. The van der Waals surface area contributed by atoms with E-state index in [0.717, 1.165) is 10.7 Å². The van der Waals surface area contributed by atoms with Crippen LogP contribution in [0.1, 0.15) is 20.3 Å². The van der Waals surface area contributed by atoms with Gasteiger partial charge < -0.3 is 0 Å². The summed E-state index contributed by atoms with van der Waals surface area (Å²) in [4.78, 5) is 7.28. The third-order valence-electron chi connectivity index (χ3n) is 3.02. The molecule has 0 saturated carbocycles. The monoisotopic (exact) mass is 297 g/mol. The molecular formula is C17H15NS2. The standard InChI is InChI=1S/C17H15NS2/c1-12-3-6-14(7-4-12)16-11-19-17(18-16)10-9-15-8-5-13(2)20-15/h3-11H,1-2H3/b10-9+. The molecule has 2 heterocycles. The molecule has 100 valence electrons. The van der Waals surface area contributed by atoms with Gasteiger partial charge in [-0.15, -0.1) is 22.7 Å². The smallest absolute Gasteiger partial charge is 0.116 e. The van der Waals surface area contributed by atoms with Crippen LogP contribution in [0.5, 0.6) is 0 Å². The Hall–Kier alpha value is -1.71. The van der Waals surface area contributed by atoms with Crippen molar-refractivity contribution < 1.29 is 0 Å². The summed E-state index contributed by atoms with van der Waals surface area (Å²) >= 11 is 3.48. The van der Waals surface area contributed by atoms with Crippen molar-refractivity contribution in [2.24, 2.45) is 0 Å². The van der Waals surface area contributed by atoms with E-state index in [1.807, 2.05) is 0 Å². The summed E-state index contributed by atoms with van der Waals surface area (Å²) in [5.74, 6) is 0. The van der Waals surface area contributed by atoms with Crippen LogP contribution < -0.4 is 0 Å². The van der Waals surface area contributed by atoms with Crippen molar-refractivity contribution in [3.05, 3.63) is 62.1 Å². The topological polar surface area (TPSA) is 12.9 Å². The Balaban J connectivity index is 1.80. The molecule has 0 saturated heterocycles. The summed E-state index contributed by atoms with van der Waals surface area (Å²) < 4.78 is 0. The highest BCUT2D eigenvalue weighted by Gasteiger charge is 2.02. The van der Waals surface area contributed by atoms with Crippen molar-refractivity contribution in [1.82, 2.24) is 4.98 Å². The number of benzene rings is 1. The van der Waals surface area contributed by atoms with Gasteiger partial charge in [-0.05, 0) is 38.1 Å². The van der Waals surface area contributed by atoms with E-state index in [2.05, 4.69) is 72.8 Å². The maximum atomic E-state index is 4.67. The zero-order valence-electron chi connectivity index (χ0n) is 11.5. The Morgan fingerprint density at radius 2 is 1.75 bits per heavy atom. The first kappa shape index (κ1) is 13.3. The number of hydrogen-bond donors (Lipinski definition) is 0. The quantitative estimate of drug-likeness (QED) is 0.608. The summed E-state index contributed by atoms with van der Waals surface area (Å²) in [5.41, 5.74) is 3.51. The summed E-state index contributed by atoms with van der Waals surface area (Å²) in [6, 6.07) is 12.8. The van der Waals surface area contributed by atoms with E-state index in [-0.39, 0.29) is 0 Å². The fraction of sp³-hybridized carbons (Fsp3) is 0.118. The molecule has 2 aromatic heterocycles. The zero-order chi connectivity index (χ0) is 13.9. The molecule has 0 aliphatic heterocycles. The molecule has 20 heavy (non-hydrogen) atoms. The van der Waals surface area contributed by atoms with Gasteiger partial charge in [-0.1, -0.05) is 29.8 Å². The van der Waals surface area contributed by atoms with Crippen molar-refractivity contribution >= 4 is 34.8 Å². The van der Waals surface area contributed by atoms with Crippen molar-refractivity contribution in [2.45, 2.75) is 13.8 Å². The summed E-state index contributed by atoms with van der Waals surface area (Å²) in [7, 11) is 0. The normalized spacial score (nSPS) is 11.3. The Kier molecular flexibility index (Phi) is 3.81.